The summed E-state index contributed by atoms with van der Waals surface area (Å²) in [4.78, 5) is 13.1. The number of hydrogen-bond acceptors (Lipinski definition) is 3. The molecule has 0 unspecified atom stereocenters. The van der Waals surface area contributed by atoms with Crippen LogP contribution in [0.4, 0.5) is 11.4 Å². The molecule has 0 N–H and O–H groups in total. The summed E-state index contributed by atoms with van der Waals surface area (Å²) in [5.74, 6) is 0.587. The average Bonchev–Trinajstić information content (AvgIpc) is 2.88. The summed E-state index contributed by atoms with van der Waals surface area (Å²) in [5, 5.41) is 10.9. The highest BCUT2D eigenvalue weighted by Crippen LogP contribution is 2.32. The van der Waals surface area contributed by atoms with E-state index in [1.54, 1.807) is 6.07 Å². The lowest BCUT2D eigenvalue weighted by molar-refractivity contribution is -0.385. The van der Waals surface area contributed by atoms with Crippen LogP contribution in [0.2, 0.25) is 0 Å². The monoisotopic (exact) mass is 388 g/mol. The lowest BCUT2D eigenvalue weighted by Crippen LogP contribution is -2.36. The number of nitro benzene ring substituents is 1. The van der Waals surface area contributed by atoms with E-state index in [9.17, 15) is 10.1 Å². The van der Waals surface area contributed by atoms with Crippen molar-refractivity contribution < 1.29 is 4.92 Å². The Morgan fingerprint density at radius 3 is 2.55 bits per heavy atom. The van der Waals surface area contributed by atoms with Crippen molar-refractivity contribution in [1.82, 2.24) is 0 Å². The first-order chi connectivity index (χ1) is 9.49. The van der Waals surface area contributed by atoms with Crippen LogP contribution in [-0.4, -0.2) is 17.5 Å². The molecular formula is C15H21IN2O2. The van der Waals surface area contributed by atoms with Crippen LogP contribution in [-0.2, 0) is 0 Å². The number of rotatable bonds is 5. The van der Waals surface area contributed by atoms with Gasteiger partial charge in [-0.05, 0) is 53.5 Å². The van der Waals surface area contributed by atoms with E-state index < -0.39 is 0 Å². The van der Waals surface area contributed by atoms with Crippen molar-refractivity contribution >= 4 is 34.0 Å². The molecule has 0 heterocycles. The van der Waals surface area contributed by atoms with Gasteiger partial charge in [-0.2, -0.15) is 0 Å². The molecule has 0 radical (unpaired) electrons. The molecule has 1 saturated carbocycles. The number of anilines is 1. The third kappa shape index (κ3) is 3.62. The van der Waals surface area contributed by atoms with E-state index in [4.69, 9.17) is 0 Å². The lowest BCUT2D eigenvalue weighted by Gasteiger charge is -2.33. The zero-order valence-corrected chi connectivity index (χ0v) is 14.2. The van der Waals surface area contributed by atoms with Crippen LogP contribution in [0.15, 0.2) is 18.2 Å². The van der Waals surface area contributed by atoms with E-state index in [0.717, 1.165) is 15.8 Å². The van der Waals surface area contributed by atoms with E-state index in [1.807, 2.05) is 12.1 Å². The minimum atomic E-state index is -0.312. The topological polar surface area (TPSA) is 46.4 Å². The van der Waals surface area contributed by atoms with Crippen LogP contribution < -0.4 is 4.90 Å². The fourth-order valence-corrected chi connectivity index (χ4v) is 3.59. The Bertz CT molecular complexity index is 485. The molecule has 0 amide bonds. The first-order valence-electron chi connectivity index (χ1n) is 7.19. The molecule has 1 aromatic rings. The Hall–Kier alpha value is -0.850. The summed E-state index contributed by atoms with van der Waals surface area (Å²) in [6, 6.07) is 6.09. The molecule has 1 aliphatic rings. The smallest absolute Gasteiger partial charge is 0.282 e. The summed E-state index contributed by atoms with van der Waals surface area (Å²) in [7, 11) is 0. The molecule has 110 valence electrons. The molecule has 0 spiro atoms. The Morgan fingerprint density at radius 1 is 1.40 bits per heavy atom. The van der Waals surface area contributed by atoms with Crippen LogP contribution >= 0.6 is 22.6 Å². The predicted octanol–water partition coefficient (Wildman–Crippen LogP) is 4.60. The molecule has 0 bridgehead atoms. The van der Waals surface area contributed by atoms with Crippen LogP contribution in [0.1, 0.15) is 39.5 Å². The summed E-state index contributed by atoms with van der Waals surface area (Å²) in [5.41, 5.74) is 1.32. The molecule has 20 heavy (non-hydrogen) atoms. The maximum atomic E-state index is 10.9. The highest BCUT2D eigenvalue weighted by molar-refractivity contribution is 14.1. The molecule has 0 saturated heterocycles. The normalized spacial score (nSPS) is 15.8. The fraction of sp³-hybridized carbons (Fsp3) is 0.600. The van der Waals surface area contributed by atoms with Gasteiger partial charge in [0.2, 0.25) is 0 Å². The van der Waals surface area contributed by atoms with Crippen molar-refractivity contribution in [2.75, 3.05) is 11.4 Å². The summed E-state index contributed by atoms with van der Waals surface area (Å²) >= 11 is 2.06. The van der Waals surface area contributed by atoms with E-state index in [0.29, 0.717) is 12.0 Å². The second-order valence-corrected chi connectivity index (χ2v) is 7.04. The molecule has 4 nitrogen and oxygen atoms in total. The predicted molar refractivity (Wildman–Crippen MR) is 90.3 cm³/mol. The molecule has 0 atom stereocenters. The molecule has 1 fully saturated rings. The number of nitrogens with zero attached hydrogens (tertiary/aromatic N) is 2. The summed E-state index contributed by atoms with van der Waals surface area (Å²) < 4.78 is 0.719. The third-order valence-corrected chi connectivity index (χ3v) is 4.65. The quantitative estimate of drug-likeness (QED) is 0.421. The number of halogens is 1. The molecule has 2 rings (SSSR count). The average molecular weight is 388 g/mol. The van der Waals surface area contributed by atoms with Crippen LogP contribution in [0, 0.1) is 19.6 Å². The Kier molecular flexibility index (Phi) is 5.23. The second kappa shape index (κ2) is 6.74. The minimum Gasteiger partial charge on any atom is -0.368 e. The van der Waals surface area contributed by atoms with Crippen LogP contribution in [0.5, 0.6) is 0 Å². The highest BCUT2D eigenvalue weighted by atomic mass is 127. The van der Waals surface area contributed by atoms with Gasteiger partial charge in [0.05, 0.1) is 8.49 Å². The first kappa shape index (κ1) is 15.5. The van der Waals surface area contributed by atoms with Crippen LogP contribution in [0.3, 0.4) is 0 Å². The van der Waals surface area contributed by atoms with Gasteiger partial charge in [0, 0.05) is 24.3 Å². The molecule has 5 heteroatoms. The standard InChI is InChI=1S/C15H21IN2O2/c1-11(2)10-17(12-5-3-4-6-12)13-7-8-15(18(19)20)14(16)9-13/h7-9,11-12H,3-6,10H2,1-2H3. The molecule has 0 aromatic heterocycles. The number of nitro groups is 1. The summed E-state index contributed by atoms with van der Waals surface area (Å²) in [6.45, 7) is 5.45. The highest BCUT2D eigenvalue weighted by Gasteiger charge is 2.24. The maximum Gasteiger partial charge on any atom is 0.282 e. The van der Waals surface area contributed by atoms with E-state index >= 15 is 0 Å². The lowest BCUT2D eigenvalue weighted by atomic mass is 10.1. The maximum absolute atomic E-state index is 10.9. The van der Waals surface area contributed by atoms with Crippen LogP contribution in [0.25, 0.3) is 0 Å². The van der Waals surface area contributed by atoms with Crippen molar-refractivity contribution in [3.8, 4) is 0 Å². The van der Waals surface area contributed by atoms with Gasteiger partial charge in [-0.15, -0.1) is 0 Å². The van der Waals surface area contributed by atoms with Gasteiger partial charge >= 0.3 is 0 Å². The van der Waals surface area contributed by atoms with Gasteiger partial charge in [-0.25, -0.2) is 0 Å². The Balaban J connectivity index is 2.28. The number of hydrogen-bond donors (Lipinski definition) is 0. The fourth-order valence-electron chi connectivity index (χ4n) is 2.90. The minimum absolute atomic E-state index is 0.199. The molecular weight excluding hydrogens is 367 g/mol. The Labute approximate surface area is 133 Å². The Morgan fingerprint density at radius 2 is 2.05 bits per heavy atom. The van der Waals surface area contributed by atoms with Gasteiger partial charge in [0.15, 0.2) is 0 Å². The molecule has 1 aromatic carbocycles. The second-order valence-electron chi connectivity index (χ2n) is 5.88. The zero-order chi connectivity index (χ0) is 14.7. The van der Waals surface area contributed by atoms with E-state index in [1.165, 1.54) is 25.7 Å². The van der Waals surface area contributed by atoms with Gasteiger partial charge in [-0.3, -0.25) is 10.1 Å². The molecule has 0 aliphatic heterocycles. The van der Waals surface area contributed by atoms with Gasteiger partial charge in [-0.1, -0.05) is 26.7 Å². The third-order valence-electron chi connectivity index (χ3n) is 3.79. The van der Waals surface area contributed by atoms with Crippen molar-refractivity contribution in [3.63, 3.8) is 0 Å². The van der Waals surface area contributed by atoms with Crippen molar-refractivity contribution in [1.29, 1.82) is 0 Å². The number of benzene rings is 1. The van der Waals surface area contributed by atoms with Gasteiger partial charge < -0.3 is 4.90 Å². The SMILES string of the molecule is CC(C)CN(c1ccc([N+](=O)[O-])c(I)c1)C1CCCC1. The van der Waals surface area contributed by atoms with Crippen molar-refractivity contribution in [3.05, 3.63) is 31.9 Å². The van der Waals surface area contributed by atoms with Crippen molar-refractivity contribution in [2.24, 2.45) is 5.92 Å². The van der Waals surface area contributed by atoms with E-state index in [2.05, 4.69) is 41.3 Å². The van der Waals surface area contributed by atoms with Gasteiger partial charge in [0.1, 0.15) is 0 Å². The molecule has 1 aliphatic carbocycles. The zero-order valence-electron chi connectivity index (χ0n) is 12.0. The first-order valence-corrected chi connectivity index (χ1v) is 8.27. The largest absolute Gasteiger partial charge is 0.368 e. The van der Waals surface area contributed by atoms with Crippen molar-refractivity contribution in [2.45, 2.75) is 45.6 Å². The van der Waals surface area contributed by atoms with Gasteiger partial charge in [0.25, 0.3) is 5.69 Å². The van der Waals surface area contributed by atoms with E-state index in [-0.39, 0.29) is 10.6 Å². The summed E-state index contributed by atoms with van der Waals surface area (Å²) in [6.07, 6.45) is 5.06.